The predicted molar refractivity (Wildman–Crippen MR) is 166 cm³/mol. The van der Waals surface area contributed by atoms with Crippen molar-refractivity contribution in [3.8, 4) is 33.8 Å². The summed E-state index contributed by atoms with van der Waals surface area (Å²) in [4.78, 5) is 8.07. The summed E-state index contributed by atoms with van der Waals surface area (Å²) < 4.78 is 25.7. The van der Waals surface area contributed by atoms with E-state index in [1.807, 2.05) is 31.2 Å². The van der Waals surface area contributed by atoms with Gasteiger partial charge in [0, 0.05) is 51.8 Å². The zero-order valence-corrected chi connectivity index (χ0v) is 24.9. The van der Waals surface area contributed by atoms with Crippen LogP contribution >= 0.6 is 11.6 Å². The van der Waals surface area contributed by atoms with Crippen LogP contribution in [0, 0.1) is 11.7 Å². The second kappa shape index (κ2) is 13.4. The number of halogens is 2. The molecule has 1 aliphatic heterocycles. The van der Waals surface area contributed by atoms with Crippen LogP contribution in [0.15, 0.2) is 60.9 Å². The number of aliphatic hydroxyl groups is 1. The highest BCUT2D eigenvalue weighted by atomic mass is 35.5. The minimum atomic E-state index is -0.830. The summed E-state index contributed by atoms with van der Waals surface area (Å²) in [6.45, 7) is 8.36. The minimum absolute atomic E-state index is 0.0347. The van der Waals surface area contributed by atoms with Gasteiger partial charge in [-0.1, -0.05) is 25.4 Å². The maximum absolute atomic E-state index is 13.9. The molecule has 222 valence electrons. The first-order valence-corrected chi connectivity index (χ1v) is 14.2. The standard InChI is InChI=1S/C19H25N3O2.C13H12ClFN2O/c1-11(2)8-13(20)10-23-14-4-5-15-16-6-7-22-19(21)18(16)12(3)24-17(15)9-14;1-7(18)12-10(4-5-17-13(12)16)9-3-2-8(14)6-11(9)15/h4-7,9,11-13H,8,10,20H2,1-3H3,(H2,21,22);2-7,18H,1H3,(H2,16,17)/t12?,13-;/m0./s1. The Bertz CT molecular complexity index is 1550. The van der Waals surface area contributed by atoms with Crippen molar-refractivity contribution in [2.75, 3.05) is 18.1 Å². The van der Waals surface area contributed by atoms with E-state index >= 15 is 0 Å². The highest BCUT2D eigenvalue weighted by Crippen LogP contribution is 2.45. The lowest BCUT2D eigenvalue weighted by Crippen LogP contribution is -2.29. The third-order valence-electron chi connectivity index (χ3n) is 6.87. The molecule has 0 saturated heterocycles. The Morgan fingerprint density at radius 1 is 0.952 bits per heavy atom. The maximum Gasteiger partial charge on any atom is 0.132 e. The molecular weight excluding hydrogens is 557 g/mol. The molecule has 8 nitrogen and oxygen atoms in total. The van der Waals surface area contributed by atoms with Crippen molar-refractivity contribution in [3.63, 3.8) is 0 Å². The van der Waals surface area contributed by atoms with E-state index < -0.39 is 11.9 Å². The Kier molecular flexibility index (Phi) is 9.88. The predicted octanol–water partition coefficient (Wildman–Crippen LogP) is 6.71. The molecule has 0 fully saturated rings. The topological polar surface area (TPSA) is 143 Å². The fraction of sp³-hybridized carbons (Fsp3) is 0.312. The van der Waals surface area contributed by atoms with Crippen LogP contribution in [0.5, 0.6) is 11.5 Å². The number of nitrogens with zero attached hydrogens (tertiary/aromatic N) is 2. The van der Waals surface area contributed by atoms with Gasteiger partial charge in [0.25, 0.3) is 0 Å². The second-order valence-corrected chi connectivity index (χ2v) is 11.2. The van der Waals surface area contributed by atoms with Crippen LogP contribution in [-0.2, 0) is 0 Å². The molecule has 7 N–H and O–H groups in total. The minimum Gasteiger partial charge on any atom is -0.492 e. The second-order valence-electron chi connectivity index (χ2n) is 10.7. The Hall–Kier alpha value is -3.92. The van der Waals surface area contributed by atoms with E-state index in [0.29, 0.717) is 40.1 Å². The summed E-state index contributed by atoms with van der Waals surface area (Å²) in [5.74, 6) is 2.38. The molecule has 4 aromatic rings. The highest BCUT2D eigenvalue weighted by Gasteiger charge is 2.26. The van der Waals surface area contributed by atoms with Gasteiger partial charge < -0.3 is 31.8 Å². The highest BCUT2D eigenvalue weighted by molar-refractivity contribution is 6.30. The molecule has 1 aliphatic rings. The van der Waals surface area contributed by atoms with Crippen molar-refractivity contribution in [2.45, 2.75) is 52.4 Å². The molecule has 3 atom stereocenters. The molecule has 5 rings (SSSR count). The molecule has 0 radical (unpaired) electrons. The molecule has 0 saturated carbocycles. The number of fused-ring (bicyclic) bond motifs is 3. The molecule has 2 aromatic heterocycles. The summed E-state index contributed by atoms with van der Waals surface area (Å²) in [7, 11) is 0. The van der Waals surface area contributed by atoms with Gasteiger partial charge >= 0.3 is 0 Å². The van der Waals surface area contributed by atoms with E-state index in [4.69, 9.17) is 38.3 Å². The van der Waals surface area contributed by atoms with Gasteiger partial charge in [-0.15, -0.1) is 0 Å². The molecule has 2 unspecified atom stereocenters. The first-order valence-electron chi connectivity index (χ1n) is 13.8. The largest absolute Gasteiger partial charge is 0.492 e. The van der Waals surface area contributed by atoms with Crippen molar-refractivity contribution in [1.82, 2.24) is 9.97 Å². The van der Waals surface area contributed by atoms with Crippen molar-refractivity contribution in [2.24, 2.45) is 11.7 Å². The van der Waals surface area contributed by atoms with Gasteiger partial charge in [0.15, 0.2) is 0 Å². The maximum atomic E-state index is 13.9. The lowest BCUT2D eigenvalue weighted by molar-refractivity contribution is 0.200. The Morgan fingerprint density at radius 2 is 1.62 bits per heavy atom. The third-order valence-corrected chi connectivity index (χ3v) is 7.11. The number of hydrogen-bond acceptors (Lipinski definition) is 8. The summed E-state index contributed by atoms with van der Waals surface area (Å²) in [5.41, 5.74) is 22.1. The summed E-state index contributed by atoms with van der Waals surface area (Å²) in [6.07, 6.45) is 3.18. The number of ether oxygens (including phenoxy) is 2. The van der Waals surface area contributed by atoms with Crippen LogP contribution in [0.3, 0.4) is 0 Å². The van der Waals surface area contributed by atoms with E-state index in [0.717, 1.165) is 34.6 Å². The van der Waals surface area contributed by atoms with Crippen LogP contribution in [0.25, 0.3) is 22.3 Å². The summed E-state index contributed by atoms with van der Waals surface area (Å²) in [5, 5.41) is 10.0. The van der Waals surface area contributed by atoms with Crippen molar-refractivity contribution in [3.05, 3.63) is 82.9 Å². The Labute approximate surface area is 250 Å². The van der Waals surface area contributed by atoms with E-state index in [1.54, 1.807) is 31.3 Å². The molecule has 0 spiro atoms. The number of aliphatic hydroxyl groups excluding tert-OH is 1. The molecule has 0 amide bonds. The van der Waals surface area contributed by atoms with Crippen molar-refractivity contribution >= 4 is 23.2 Å². The van der Waals surface area contributed by atoms with Crippen LogP contribution in [0.2, 0.25) is 5.02 Å². The molecule has 3 heterocycles. The molecular formula is C32H37ClFN5O3. The zero-order chi connectivity index (χ0) is 30.6. The third kappa shape index (κ3) is 7.10. The fourth-order valence-electron chi connectivity index (χ4n) is 5.06. The number of benzene rings is 2. The first-order chi connectivity index (χ1) is 20.0. The van der Waals surface area contributed by atoms with Crippen LogP contribution in [0.4, 0.5) is 16.0 Å². The Morgan fingerprint density at radius 3 is 2.29 bits per heavy atom. The average Bonchev–Trinajstić information content (AvgIpc) is 2.91. The van der Waals surface area contributed by atoms with Crippen LogP contribution < -0.4 is 26.7 Å². The number of anilines is 2. The number of aromatic nitrogens is 2. The molecule has 0 bridgehead atoms. The van der Waals surface area contributed by atoms with Gasteiger partial charge in [-0.2, -0.15) is 0 Å². The van der Waals surface area contributed by atoms with Gasteiger partial charge in [-0.05, 0) is 79.8 Å². The van der Waals surface area contributed by atoms with E-state index in [1.165, 1.54) is 12.3 Å². The fourth-order valence-corrected chi connectivity index (χ4v) is 5.22. The van der Waals surface area contributed by atoms with Crippen LogP contribution in [0.1, 0.15) is 57.5 Å². The van der Waals surface area contributed by atoms with Crippen LogP contribution in [-0.4, -0.2) is 27.7 Å². The van der Waals surface area contributed by atoms with Gasteiger partial charge in [0.2, 0.25) is 0 Å². The van der Waals surface area contributed by atoms with Gasteiger partial charge in [0.1, 0.15) is 41.7 Å². The van der Waals surface area contributed by atoms with Crippen molar-refractivity contribution in [1.29, 1.82) is 0 Å². The van der Waals surface area contributed by atoms with E-state index in [9.17, 15) is 9.50 Å². The molecule has 42 heavy (non-hydrogen) atoms. The lowest BCUT2D eigenvalue weighted by atomic mass is 9.94. The quantitative estimate of drug-likeness (QED) is 0.185. The Balaban J connectivity index is 0.000000201. The molecule has 10 heteroatoms. The van der Waals surface area contributed by atoms with Gasteiger partial charge in [0.05, 0.1) is 6.10 Å². The number of nitrogen functional groups attached to an aromatic ring is 2. The number of rotatable bonds is 7. The lowest BCUT2D eigenvalue weighted by Gasteiger charge is -2.27. The SMILES string of the molecule is CC(C)C[C@H](N)COc1ccc2c(c1)OC(C)c1c-2ccnc1N.CC(O)c1c(-c2ccc(Cl)cc2F)ccnc1N. The number of pyridine rings is 2. The summed E-state index contributed by atoms with van der Waals surface area (Å²) >= 11 is 5.71. The number of nitrogens with two attached hydrogens (primary N) is 3. The molecule has 2 aromatic carbocycles. The van der Waals surface area contributed by atoms with Crippen molar-refractivity contribution < 1.29 is 19.0 Å². The first kappa shape index (κ1) is 31.0. The molecule has 0 aliphatic carbocycles. The zero-order valence-electron chi connectivity index (χ0n) is 24.1. The van der Waals surface area contributed by atoms with E-state index in [-0.39, 0.29) is 18.0 Å². The van der Waals surface area contributed by atoms with Gasteiger partial charge in [-0.3, -0.25) is 0 Å². The average molecular weight is 594 g/mol. The van der Waals surface area contributed by atoms with Gasteiger partial charge in [-0.25, -0.2) is 14.4 Å². The monoisotopic (exact) mass is 593 g/mol. The number of hydrogen-bond donors (Lipinski definition) is 4. The normalized spacial score (nSPS) is 15.0. The van der Waals surface area contributed by atoms with E-state index in [2.05, 4.69) is 23.8 Å². The summed E-state index contributed by atoms with van der Waals surface area (Å²) in [6, 6.07) is 13.9. The smallest absolute Gasteiger partial charge is 0.132 e.